The van der Waals surface area contributed by atoms with E-state index in [1.165, 1.54) is 20.3 Å². The van der Waals surface area contributed by atoms with Crippen LogP contribution in [0.2, 0.25) is 0 Å². The molecule has 16 heavy (non-hydrogen) atoms. The second-order valence-corrected chi connectivity index (χ2v) is 4.04. The summed E-state index contributed by atoms with van der Waals surface area (Å²) in [7, 11) is 2.43. The molecule has 0 aliphatic heterocycles. The van der Waals surface area contributed by atoms with Gasteiger partial charge in [0, 0.05) is 5.41 Å². The van der Waals surface area contributed by atoms with Gasteiger partial charge in [0.05, 0.1) is 14.2 Å². The zero-order chi connectivity index (χ0) is 12.9. The summed E-state index contributed by atoms with van der Waals surface area (Å²) in [5.74, 6) is -1.41. The maximum atomic E-state index is 11.4. The number of esters is 2. The van der Waals surface area contributed by atoms with E-state index >= 15 is 0 Å². The predicted molar refractivity (Wildman–Crippen MR) is 60.7 cm³/mol. The van der Waals surface area contributed by atoms with Gasteiger partial charge in [-0.25, -0.2) is 9.59 Å². The normalized spacial score (nSPS) is 10.3. The third-order valence-electron chi connectivity index (χ3n) is 2.42. The fraction of sp³-hybridized carbons (Fsp3) is 0.500. The van der Waals surface area contributed by atoms with Crippen LogP contribution < -0.4 is 0 Å². The molecule has 0 heterocycles. The van der Waals surface area contributed by atoms with E-state index in [1.54, 1.807) is 0 Å². The monoisotopic (exact) mass is 226 g/mol. The lowest BCUT2D eigenvalue weighted by atomic mass is 9.84. The van der Waals surface area contributed by atoms with Crippen LogP contribution in [0, 0.1) is 5.41 Å². The van der Waals surface area contributed by atoms with Gasteiger partial charge >= 0.3 is 11.9 Å². The molecule has 0 aliphatic rings. The topological polar surface area (TPSA) is 52.6 Å². The zero-order valence-electron chi connectivity index (χ0n) is 10.4. The van der Waals surface area contributed by atoms with Crippen molar-refractivity contribution in [1.82, 2.24) is 0 Å². The van der Waals surface area contributed by atoms with Crippen LogP contribution in [0.1, 0.15) is 20.8 Å². The number of hydrogen-bond acceptors (Lipinski definition) is 4. The summed E-state index contributed by atoms with van der Waals surface area (Å²) in [4.78, 5) is 22.8. The largest absolute Gasteiger partial charge is 0.465 e. The molecule has 0 unspecified atom stereocenters. The lowest BCUT2D eigenvalue weighted by molar-refractivity contribution is -0.144. The van der Waals surface area contributed by atoms with Crippen molar-refractivity contribution < 1.29 is 19.1 Å². The van der Waals surface area contributed by atoms with Crippen molar-refractivity contribution in [3.05, 3.63) is 23.8 Å². The molecule has 0 N–H and O–H groups in total. The Morgan fingerprint density at radius 1 is 1.12 bits per heavy atom. The van der Waals surface area contributed by atoms with Gasteiger partial charge in [-0.2, -0.15) is 0 Å². The van der Waals surface area contributed by atoms with Crippen molar-refractivity contribution in [2.75, 3.05) is 14.2 Å². The van der Waals surface area contributed by atoms with Gasteiger partial charge in [-0.1, -0.05) is 32.1 Å². The maximum Gasteiger partial charge on any atom is 0.344 e. The molecule has 0 spiro atoms. The van der Waals surface area contributed by atoms with Crippen molar-refractivity contribution in [1.29, 1.82) is 0 Å². The molecule has 0 aromatic rings. The van der Waals surface area contributed by atoms with Crippen molar-refractivity contribution in [2.24, 2.45) is 5.41 Å². The number of allylic oxidation sites excluding steroid dienone is 2. The van der Waals surface area contributed by atoms with Crippen LogP contribution in [0.5, 0.6) is 0 Å². The van der Waals surface area contributed by atoms with Gasteiger partial charge in [0.25, 0.3) is 0 Å². The smallest absolute Gasteiger partial charge is 0.344 e. The van der Waals surface area contributed by atoms with E-state index in [-0.39, 0.29) is 5.57 Å². The van der Waals surface area contributed by atoms with E-state index in [0.717, 1.165) is 5.57 Å². The fourth-order valence-electron chi connectivity index (χ4n) is 0.905. The molecule has 90 valence electrons. The third-order valence-corrected chi connectivity index (χ3v) is 2.42. The summed E-state index contributed by atoms with van der Waals surface area (Å²) in [6.45, 7) is 9.32. The summed E-state index contributed by atoms with van der Waals surface area (Å²) < 4.78 is 9.05. The Morgan fingerprint density at radius 2 is 1.50 bits per heavy atom. The van der Waals surface area contributed by atoms with E-state index in [2.05, 4.69) is 16.1 Å². The maximum absolute atomic E-state index is 11.4. The highest BCUT2D eigenvalue weighted by molar-refractivity contribution is 6.14. The summed E-state index contributed by atoms with van der Waals surface area (Å²) in [5, 5.41) is 0. The Hall–Kier alpha value is -1.58. The van der Waals surface area contributed by atoms with Gasteiger partial charge in [-0.3, -0.25) is 0 Å². The van der Waals surface area contributed by atoms with Crippen molar-refractivity contribution in [2.45, 2.75) is 20.8 Å². The molecule has 0 aromatic carbocycles. The van der Waals surface area contributed by atoms with Crippen molar-refractivity contribution in [3.8, 4) is 0 Å². The number of carbonyl (C=O) groups excluding carboxylic acids is 2. The van der Waals surface area contributed by atoms with Crippen LogP contribution in [-0.4, -0.2) is 26.2 Å². The molecule has 4 nitrogen and oxygen atoms in total. The first-order chi connectivity index (χ1) is 7.26. The van der Waals surface area contributed by atoms with Crippen LogP contribution in [0.15, 0.2) is 23.8 Å². The van der Waals surface area contributed by atoms with Gasteiger partial charge < -0.3 is 9.47 Å². The number of ether oxygens (including phenoxy) is 2. The van der Waals surface area contributed by atoms with Crippen molar-refractivity contribution in [3.63, 3.8) is 0 Å². The number of methoxy groups -OCH3 is 2. The molecular weight excluding hydrogens is 208 g/mol. The minimum Gasteiger partial charge on any atom is -0.465 e. The highest BCUT2D eigenvalue weighted by Crippen LogP contribution is 2.28. The molecule has 0 atom stereocenters. The molecule has 0 bridgehead atoms. The Labute approximate surface area is 95.9 Å². The summed E-state index contributed by atoms with van der Waals surface area (Å²) in [6, 6.07) is 0. The quantitative estimate of drug-likeness (QED) is 0.241. The molecule has 0 aromatic heterocycles. The highest BCUT2D eigenvalue weighted by Gasteiger charge is 2.25. The Morgan fingerprint density at radius 3 is 1.75 bits per heavy atom. The standard InChI is InChI=1S/C12H18O4/c1-8(2)12(3,4)7-9(10(13)15-5)11(14)16-6/h7H,1H2,2-6H3. The van der Waals surface area contributed by atoms with Gasteiger partial charge in [0.15, 0.2) is 0 Å². The molecule has 0 fully saturated rings. The first-order valence-corrected chi connectivity index (χ1v) is 4.81. The Balaban J connectivity index is 5.35. The first-order valence-electron chi connectivity index (χ1n) is 4.81. The zero-order valence-corrected chi connectivity index (χ0v) is 10.4. The first kappa shape index (κ1) is 14.4. The minimum absolute atomic E-state index is 0.113. The number of rotatable bonds is 4. The lowest BCUT2D eigenvalue weighted by Crippen LogP contribution is -2.20. The van der Waals surface area contributed by atoms with E-state index in [1.807, 2.05) is 20.8 Å². The Bertz CT molecular complexity index is 319. The van der Waals surface area contributed by atoms with Crippen LogP contribution in [0.25, 0.3) is 0 Å². The van der Waals surface area contributed by atoms with E-state index < -0.39 is 17.4 Å². The van der Waals surface area contributed by atoms with E-state index in [0.29, 0.717) is 0 Å². The molecule has 0 aliphatic carbocycles. The van der Waals surface area contributed by atoms with Crippen LogP contribution >= 0.6 is 0 Å². The number of hydrogen-bond donors (Lipinski definition) is 0. The second kappa shape index (κ2) is 5.49. The Kier molecular flexibility index (Phi) is 4.95. The second-order valence-electron chi connectivity index (χ2n) is 4.04. The van der Waals surface area contributed by atoms with Gasteiger partial charge in [0.2, 0.25) is 0 Å². The molecule has 0 radical (unpaired) electrons. The van der Waals surface area contributed by atoms with E-state index in [4.69, 9.17) is 0 Å². The summed E-state index contributed by atoms with van der Waals surface area (Å²) in [5.41, 5.74) is 0.244. The summed E-state index contributed by atoms with van der Waals surface area (Å²) >= 11 is 0. The summed E-state index contributed by atoms with van der Waals surface area (Å²) in [6.07, 6.45) is 1.51. The van der Waals surface area contributed by atoms with Crippen LogP contribution in [-0.2, 0) is 19.1 Å². The molecular formula is C12H18O4. The van der Waals surface area contributed by atoms with Crippen LogP contribution in [0.4, 0.5) is 0 Å². The average molecular weight is 226 g/mol. The molecule has 0 saturated carbocycles. The molecule has 0 rings (SSSR count). The highest BCUT2D eigenvalue weighted by atomic mass is 16.5. The third kappa shape index (κ3) is 3.53. The molecule has 4 heteroatoms. The lowest BCUT2D eigenvalue weighted by Gasteiger charge is -2.21. The van der Waals surface area contributed by atoms with Crippen molar-refractivity contribution >= 4 is 11.9 Å². The molecule has 0 saturated heterocycles. The minimum atomic E-state index is -0.707. The van der Waals surface area contributed by atoms with E-state index in [9.17, 15) is 9.59 Å². The van der Waals surface area contributed by atoms with Gasteiger partial charge in [-0.15, -0.1) is 0 Å². The van der Waals surface area contributed by atoms with Gasteiger partial charge in [0.1, 0.15) is 5.57 Å². The SMILES string of the molecule is C=C(C)C(C)(C)C=C(C(=O)OC)C(=O)OC. The van der Waals surface area contributed by atoms with Crippen LogP contribution in [0.3, 0.4) is 0 Å². The average Bonchev–Trinajstić information content (AvgIpc) is 2.23. The fourth-order valence-corrected chi connectivity index (χ4v) is 0.905. The van der Waals surface area contributed by atoms with Gasteiger partial charge in [-0.05, 0) is 6.92 Å². The predicted octanol–water partition coefficient (Wildman–Crippen LogP) is 1.86. The molecule has 0 amide bonds. The number of carbonyl (C=O) groups is 2.